The maximum Gasteiger partial charge on any atom is 0.287 e. The van der Waals surface area contributed by atoms with E-state index < -0.39 is 0 Å². The summed E-state index contributed by atoms with van der Waals surface area (Å²) in [6.07, 6.45) is 8.58. The summed E-state index contributed by atoms with van der Waals surface area (Å²) in [5.74, 6) is 0.942. The number of carbonyl (C=O) groups excluding carboxylic acids is 1. The Morgan fingerprint density at radius 1 is 1.24 bits per heavy atom. The lowest BCUT2D eigenvalue weighted by Gasteiger charge is -2.33. The van der Waals surface area contributed by atoms with Gasteiger partial charge < -0.3 is 24.7 Å². The van der Waals surface area contributed by atoms with Crippen LogP contribution in [0.3, 0.4) is 0 Å². The Bertz CT molecular complexity index is 803. The van der Waals surface area contributed by atoms with Crippen LogP contribution in [0.4, 0.5) is 0 Å². The van der Waals surface area contributed by atoms with E-state index >= 15 is 0 Å². The number of fused-ring (bicyclic) bond motifs is 1. The van der Waals surface area contributed by atoms with Gasteiger partial charge in [0.2, 0.25) is 0 Å². The van der Waals surface area contributed by atoms with E-state index in [-0.39, 0.29) is 11.9 Å². The summed E-state index contributed by atoms with van der Waals surface area (Å²) >= 11 is 0. The van der Waals surface area contributed by atoms with Crippen molar-refractivity contribution in [2.45, 2.75) is 57.0 Å². The first kappa shape index (κ1) is 20.2. The minimum atomic E-state index is -0.135. The molecule has 0 aliphatic carbocycles. The fourth-order valence-electron chi connectivity index (χ4n) is 4.57. The van der Waals surface area contributed by atoms with Crippen LogP contribution in [0.15, 0.2) is 28.7 Å². The van der Waals surface area contributed by atoms with Crippen LogP contribution >= 0.6 is 0 Å². The zero-order valence-corrected chi connectivity index (χ0v) is 17.4. The molecule has 0 radical (unpaired) electrons. The fraction of sp³-hybridized carbons (Fsp3) is 0.609. The predicted molar refractivity (Wildman–Crippen MR) is 115 cm³/mol. The monoisotopic (exact) mass is 399 g/mol. The van der Waals surface area contributed by atoms with E-state index in [0.29, 0.717) is 17.4 Å². The lowest BCUT2D eigenvalue weighted by molar-refractivity contribution is 0.0884. The molecule has 1 unspecified atom stereocenters. The number of methoxy groups -OCH3 is 1. The molecule has 1 aromatic carbocycles. The molecular weight excluding hydrogens is 366 g/mol. The zero-order chi connectivity index (χ0) is 20.1. The lowest BCUT2D eigenvalue weighted by atomic mass is 10.0. The fourth-order valence-corrected chi connectivity index (χ4v) is 4.57. The van der Waals surface area contributed by atoms with Crippen LogP contribution in [0.25, 0.3) is 11.0 Å². The van der Waals surface area contributed by atoms with Crippen molar-refractivity contribution in [3.63, 3.8) is 0 Å². The number of nitrogens with zero attached hydrogens (tertiary/aromatic N) is 1. The molecule has 0 spiro atoms. The maximum atomic E-state index is 12.7. The van der Waals surface area contributed by atoms with Gasteiger partial charge >= 0.3 is 0 Å². The highest BCUT2D eigenvalue weighted by atomic mass is 16.5. The van der Waals surface area contributed by atoms with Gasteiger partial charge in [0, 0.05) is 31.2 Å². The number of hydrogen-bond acceptors (Lipinski definition) is 5. The summed E-state index contributed by atoms with van der Waals surface area (Å²) < 4.78 is 11.1. The van der Waals surface area contributed by atoms with Gasteiger partial charge in [-0.05, 0) is 57.3 Å². The predicted octanol–water partition coefficient (Wildman–Crippen LogP) is 3.56. The van der Waals surface area contributed by atoms with Gasteiger partial charge in [-0.15, -0.1) is 0 Å². The largest absolute Gasteiger partial charge is 0.496 e. The van der Waals surface area contributed by atoms with Crippen molar-refractivity contribution in [2.75, 3.05) is 33.3 Å². The minimum absolute atomic E-state index is 0.135. The Morgan fingerprint density at radius 2 is 2.10 bits per heavy atom. The van der Waals surface area contributed by atoms with Crippen molar-refractivity contribution in [2.24, 2.45) is 0 Å². The SMILES string of the molecule is COc1cccc2oc(C(=O)NC3CCN(CCC4CCCCCN4)CC3)cc12. The molecule has 2 saturated heterocycles. The van der Waals surface area contributed by atoms with Gasteiger partial charge in [0.1, 0.15) is 11.3 Å². The Hall–Kier alpha value is -2.05. The van der Waals surface area contributed by atoms with Crippen molar-refractivity contribution < 1.29 is 13.9 Å². The Balaban J connectivity index is 1.24. The summed E-state index contributed by atoms with van der Waals surface area (Å²) in [6.45, 7) is 4.42. The molecule has 2 N–H and O–H groups in total. The Morgan fingerprint density at radius 3 is 2.93 bits per heavy atom. The number of benzene rings is 1. The maximum absolute atomic E-state index is 12.7. The molecule has 6 heteroatoms. The van der Waals surface area contributed by atoms with E-state index in [0.717, 1.165) is 43.6 Å². The molecule has 1 atom stereocenters. The second-order valence-corrected chi connectivity index (χ2v) is 8.36. The highest BCUT2D eigenvalue weighted by Gasteiger charge is 2.23. The van der Waals surface area contributed by atoms with Crippen molar-refractivity contribution >= 4 is 16.9 Å². The second kappa shape index (κ2) is 9.63. The molecule has 2 aliphatic heterocycles. The number of rotatable bonds is 6. The van der Waals surface area contributed by atoms with Crippen LogP contribution in [0.2, 0.25) is 0 Å². The van der Waals surface area contributed by atoms with Crippen molar-refractivity contribution in [1.29, 1.82) is 0 Å². The van der Waals surface area contributed by atoms with Gasteiger partial charge in [-0.25, -0.2) is 0 Å². The number of carbonyl (C=O) groups is 1. The van der Waals surface area contributed by atoms with E-state index in [1.807, 2.05) is 18.2 Å². The third-order valence-electron chi connectivity index (χ3n) is 6.34. The van der Waals surface area contributed by atoms with Gasteiger partial charge in [0.15, 0.2) is 5.76 Å². The first-order valence-electron chi connectivity index (χ1n) is 11.1. The zero-order valence-electron chi connectivity index (χ0n) is 17.4. The number of ether oxygens (including phenoxy) is 1. The average Bonchev–Trinajstić information content (AvgIpc) is 3.02. The summed E-state index contributed by atoms with van der Waals surface area (Å²) in [4.78, 5) is 15.2. The molecule has 4 rings (SSSR count). The number of piperidine rings is 1. The van der Waals surface area contributed by atoms with Gasteiger partial charge in [-0.3, -0.25) is 4.79 Å². The summed E-state index contributed by atoms with van der Waals surface area (Å²) in [7, 11) is 1.63. The molecule has 0 bridgehead atoms. The summed E-state index contributed by atoms with van der Waals surface area (Å²) in [5, 5.41) is 7.68. The molecule has 3 heterocycles. The minimum Gasteiger partial charge on any atom is -0.496 e. The van der Waals surface area contributed by atoms with Crippen LogP contribution in [0, 0.1) is 0 Å². The smallest absolute Gasteiger partial charge is 0.287 e. The van der Waals surface area contributed by atoms with Crippen molar-refractivity contribution in [1.82, 2.24) is 15.5 Å². The standard InChI is InChI=1S/C23H33N3O3/c1-28-20-7-5-8-21-19(20)16-22(29-21)23(27)25-18-10-14-26(15-11-18)13-9-17-6-3-2-4-12-24-17/h5,7-8,16-18,24H,2-4,6,9-15H2,1H3,(H,25,27). The summed E-state index contributed by atoms with van der Waals surface area (Å²) in [5.41, 5.74) is 0.677. The van der Waals surface area contributed by atoms with Gasteiger partial charge in [-0.2, -0.15) is 0 Å². The molecule has 0 saturated carbocycles. The van der Waals surface area contributed by atoms with E-state index in [2.05, 4.69) is 15.5 Å². The van der Waals surface area contributed by atoms with E-state index in [4.69, 9.17) is 9.15 Å². The van der Waals surface area contributed by atoms with Crippen molar-refractivity contribution in [3.05, 3.63) is 30.0 Å². The van der Waals surface area contributed by atoms with Crippen LogP contribution < -0.4 is 15.4 Å². The lowest BCUT2D eigenvalue weighted by Crippen LogP contribution is -2.45. The molecule has 2 aliphatic rings. The van der Waals surface area contributed by atoms with Gasteiger partial charge in [-0.1, -0.05) is 18.9 Å². The van der Waals surface area contributed by atoms with Crippen molar-refractivity contribution in [3.8, 4) is 5.75 Å². The van der Waals surface area contributed by atoms with Crippen LogP contribution in [-0.4, -0.2) is 56.2 Å². The Kier molecular flexibility index (Phi) is 6.72. The molecule has 1 aromatic heterocycles. The normalized spacial score (nSPS) is 21.8. The second-order valence-electron chi connectivity index (χ2n) is 8.36. The van der Waals surface area contributed by atoms with Gasteiger partial charge in [0.05, 0.1) is 12.5 Å². The summed E-state index contributed by atoms with van der Waals surface area (Å²) in [6, 6.07) is 8.27. The molecule has 2 aromatic rings. The Labute approximate surface area is 173 Å². The number of nitrogens with one attached hydrogen (secondary N) is 2. The number of furan rings is 1. The molecule has 6 nitrogen and oxygen atoms in total. The van der Waals surface area contributed by atoms with Crippen LogP contribution in [0.1, 0.15) is 55.5 Å². The molecule has 158 valence electrons. The number of hydrogen-bond donors (Lipinski definition) is 2. The first-order valence-corrected chi connectivity index (χ1v) is 11.1. The van der Waals surface area contributed by atoms with Crippen LogP contribution in [0.5, 0.6) is 5.75 Å². The van der Waals surface area contributed by atoms with Crippen LogP contribution in [-0.2, 0) is 0 Å². The van der Waals surface area contributed by atoms with E-state index in [1.54, 1.807) is 13.2 Å². The first-order chi connectivity index (χ1) is 14.2. The number of likely N-dealkylation sites (tertiary alicyclic amines) is 1. The van der Waals surface area contributed by atoms with E-state index in [9.17, 15) is 4.79 Å². The third-order valence-corrected chi connectivity index (χ3v) is 6.34. The molecule has 29 heavy (non-hydrogen) atoms. The quantitative estimate of drug-likeness (QED) is 0.778. The third kappa shape index (κ3) is 5.11. The van der Waals surface area contributed by atoms with Gasteiger partial charge in [0.25, 0.3) is 5.91 Å². The topological polar surface area (TPSA) is 66.7 Å². The highest BCUT2D eigenvalue weighted by Crippen LogP contribution is 2.28. The molecular formula is C23H33N3O3. The van der Waals surface area contributed by atoms with E-state index in [1.165, 1.54) is 38.6 Å². The molecule has 1 amide bonds. The molecule has 2 fully saturated rings. The average molecular weight is 400 g/mol. The number of amides is 1. The highest BCUT2D eigenvalue weighted by molar-refractivity contribution is 5.97.